The van der Waals surface area contributed by atoms with Gasteiger partial charge in [-0.2, -0.15) is 0 Å². The van der Waals surface area contributed by atoms with Crippen molar-refractivity contribution in [3.05, 3.63) is 131 Å². The molecule has 2 aliphatic rings. The third-order valence-electron chi connectivity index (χ3n) is 9.98. The van der Waals surface area contributed by atoms with Gasteiger partial charge in [0.25, 0.3) is 0 Å². The Hall–Kier alpha value is -5.54. The Morgan fingerprint density at radius 3 is 1.89 bits per heavy atom. The van der Waals surface area contributed by atoms with Gasteiger partial charge in [-0.05, 0) is 84.7 Å². The van der Waals surface area contributed by atoms with Crippen LogP contribution >= 0.6 is 11.6 Å². The number of fused-ring (bicyclic) bond motifs is 2. The van der Waals surface area contributed by atoms with Crippen LogP contribution in [0.2, 0.25) is 5.02 Å². The number of para-hydroxylation sites is 1. The lowest BCUT2D eigenvalue weighted by Crippen LogP contribution is -2.26. The van der Waals surface area contributed by atoms with Gasteiger partial charge in [-0.1, -0.05) is 57.5 Å². The molecule has 2 aromatic carbocycles. The number of carbonyl (C=O) groups excluding carboxylic acids is 2. The number of aromatic amines is 2. The Morgan fingerprint density at radius 1 is 0.736 bits per heavy atom. The molecule has 4 heterocycles. The van der Waals surface area contributed by atoms with E-state index in [9.17, 15) is 14.0 Å². The number of H-pyrrole nitrogens is 2. The number of nitrogens with zero attached hydrogens (tertiary/aromatic N) is 2. The van der Waals surface area contributed by atoms with Crippen molar-refractivity contribution in [3.8, 4) is 22.5 Å². The molecule has 0 radical (unpaired) electrons. The Balaban J connectivity index is 0.000000164. The molecule has 0 spiro atoms. The van der Waals surface area contributed by atoms with Gasteiger partial charge in [0.15, 0.2) is 11.6 Å². The summed E-state index contributed by atoms with van der Waals surface area (Å²) in [4.78, 5) is 41.0. The van der Waals surface area contributed by atoms with Gasteiger partial charge in [-0.15, -0.1) is 0 Å². The Bertz CT molecular complexity index is 2240. The van der Waals surface area contributed by atoms with Gasteiger partial charge in [-0.25, -0.2) is 4.39 Å². The molecular formula is C43H42ClFN6O2. The maximum atomic E-state index is 13.8. The molecule has 0 amide bonds. The third kappa shape index (κ3) is 7.81. The fourth-order valence-corrected chi connectivity index (χ4v) is 7.59. The summed E-state index contributed by atoms with van der Waals surface area (Å²) in [5.74, 6) is 0.740. The largest absolute Gasteiger partial charge is 0.356 e. The summed E-state index contributed by atoms with van der Waals surface area (Å²) in [5.41, 5.74) is 9.96. The second-order valence-electron chi connectivity index (χ2n) is 15.0. The van der Waals surface area contributed by atoms with E-state index in [1.807, 2.05) is 54.6 Å². The van der Waals surface area contributed by atoms with Crippen LogP contribution in [0.4, 0.5) is 27.1 Å². The van der Waals surface area contributed by atoms with E-state index in [1.54, 1.807) is 30.9 Å². The van der Waals surface area contributed by atoms with Crippen LogP contribution in [0.1, 0.15) is 72.6 Å². The molecule has 4 aromatic heterocycles. The summed E-state index contributed by atoms with van der Waals surface area (Å²) in [6.45, 7) is 8.55. The number of aromatic nitrogens is 4. The predicted molar refractivity (Wildman–Crippen MR) is 210 cm³/mol. The molecule has 0 saturated heterocycles. The Kier molecular flexibility index (Phi) is 10.0. The monoisotopic (exact) mass is 728 g/mol. The predicted octanol–water partition coefficient (Wildman–Crippen LogP) is 11.0. The van der Waals surface area contributed by atoms with Crippen LogP contribution in [0.3, 0.4) is 0 Å². The highest BCUT2D eigenvalue weighted by Gasteiger charge is 2.36. The quantitative estimate of drug-likeness (QED) is 0.130. The SMILES string of the molecule is CC(C)[C@@H]1CC(=O)c2c([nH]c(-c3ccncc3)c2Nc2ccccc2)C1.CC1(C)CC(=O)c2c([nH]c(-c3ccncc3)c2Nc2cc(F)cc(Cl)c2)C1. The smallest absolute Gasteiger partial charge is 0.167 e. The first-order valence-electron chi connectivity index (χ1n) is 17.9. The first-order valence-corrected chi connectivity index (χ1v) is 18.3. The lowest BCUT2D eigenvalue weighted by Gasteiger charge is -2.28. The summed E-state index contributed by atoms with van der Waals surface area (Å²) in [5, 5.41) is 6.99. The lowest BCUT2D eigenvalue weighted by molar-refractivity contribution is 0.0909. The molecule has 53 heavy (non-hydrogen) atoms. The van der Waals surface area contributed by atoms with E-state index >= 15 is 0 Å². The van der Waals surface area contributed by atoms with Crippen molar-refractivity contribution in [3.63, 3.8) is 0 Å². The number of hydrogen-bond donors (Lipinski definition) is 4. The van der Waals surface area contributed by atoms with Crippen molar-refractivity contribution in [2.75, 3.05) is 10.6 Å². The standard InChI is InChI=1S/C22H23N3O.C21H19ClFN3O/c1-14(2)16-12-18-20(19(26)13-16)22(24-17-6-4-3-5-7-17)21(25-18)15-8-10-23-11-9-15;1-21(2)10-16-18(17(27)11-21)20(19(26-16)12-3-5-24-6-4-12)25-15-8-13(22)7-14(23)9-15/h3-11,14,16,24-25H,12-13H2,1-2H3;3-9,25-26H,10-11H2,1-2H3/t16-;/m0./s1. The highest BCUT2D eigenvalue weighted by atomic mass is 35.5. The molecule has 0 fully saturated rings. The van der Waals surface area contributed by atoms with Crippen LogP contribution in [-0.2, 0) is 12.8 Å². The topological polar surface area (TPSA) is 116 Å². The van der Waals surface area contributed by atoms with E-state index in [0.717, 1.165) is 63.7 Å². The van der Waals surface area contributed by atoms with E-state index in [2.05, 4.69) is 58.3 Å². The molecule has 6 aromatic rings. The average Bonchev–Trinajstić information content (AvgIpc) is 3.67. The molecule has 0 saturated carbocycles. The van der Waals surface area contributed by atoms with Crippen molar-refractivity contribution >= 4 is 45.9 Å². The minimum atomic E-state index is -0.438. The van der Waals surface area contributed by atoms with Gasteiger partial charge < -0.3 is 20.6 Å². The van der Waals surface area contributed by atoms with Crippen LogP contribution in [-0.4, -0.2) is 31.5 Å². The van der Waals surface area contributed by atoms with E-state index in [1.165, 1.54) is 12.1 Å². The number of nitrogens with one attached hydrogen (secondary N) is 4. The first kappa shape index (κ1) is 35.8. The van der Waals surface area contributed by atoms with E-state index in [-0.39, 0.29) is 17.0 Å². The van der Waals surface area contributed by atoms with Crippen LogP contribution in [0, 0.1) is 23.1 Å². The Morgan fingerprint density at radius 2 is 1.30 bits per heavy atom. The van der Waals surface area contributed by atoms with E-state index in [0.29, 0.717) is 46.6 Å². The molecule has 8 nitrogen and oxygen atoms in total. The van der Waals surface area contributed by atoms with Crippen molar-refractivity contribution in [1.82, 2.24) is 19.9 Å². The number of rotatable bonds is 7. The van der Waals surface area contributed by atoms with Crippen molar-refractivity contribution in [2.45, 2.75) is 53.4 Å². The molecule has 8 rings (SSSR count). The fraction of sp³-hybridized carbons (Fsp3) is 0.256. The number of Topliss-reactive ketones (excluding diaryl/α,β-unsaturated/α-hetero) is 2. The number of pyridine rings is 2. The molecule has 1 atom stereocenters. The first-order chi connectivity index (χ1) is 25.5. The van der Waals surface area contributed by atoms with Gasteiger partial charge in [0, 0.05) is 76.5 Å². The zero-order valence-electron chi connectivity index (χ0n) is 30.2. The number of hydrogen-bond acceptors (Lipinski definition) is 6. The van der Waals surface area contributed by atoms with Crippen LogP contribution in [0.15, 0.2) is 97.6 Å². The number of halogens is 2. The average molecular weight is 729 g/mol. The second-order valence-corrected chi connectivity index (χ2v) is 15.4. The third-order valence-corrected chi connectivity index (χ3v) is 10.2. The van der Waals surface area contributed by atoms with E-state index in [4.69, 9.17) is 11.6 Å². The molecule has 2 aliphatic carbocycles. The molecule has 10 heteroatoms. The minimum Gasteiger partial charge on any atom is -0.356 e. The van der Waals surface area contributed by atoms with Gasteiger partial charge in [0.2, 0.25) is 0 Å². The van der Waals surface area contributed by atoms with Crippen molar-refractivity contribution in [1.29, 1.82) is 0 Å². The summed E-state index contributed by atoms with van der Waals surface area (Å²) >= 11 is 5.99. The van der Waals surface area contributed by atoms with Gasteiger partial charge >= 0.3 is 0 Å². The normalized spacial score (nSPS) is 16.0. The van der Waals surface area contributed by atoms with Gasteiger partial charge in [0.05, 0.1) is 33.9 Å². The van der Waals surface area contributed by atoms with Crippen molar-refractivity contribution < 1.29 is 14.0 Å². The maximum Gasteiger partial charge on any atom is 0.167 e. The number of carbonyl (C=O) groups is 2. The molecule has 0 unspecified atom stereocenters. The van der Waals surface area contributed by atoms with E-state index < -0.39 is 5.82 Å². The summed E-state index contributed by atoms with van der Waals surface area (Å²) < 4.78 is 13.8. The molecule has 0 aliphatic heterocycles. The Labute approximate surface area is 313 Å². The molecule has 0 bridgehead atoms. The highest BCUT2D eigenvalue weighted by molar-refractivity contribution is 6.30. The highest BCUT2D eigenvalue weighted by Crippen LogP contribution is 2.44. The summed E-state index contributed by atoms with van der Waals surface area (Å²) in [6.07, 6.45) is 9.70. The summed E-state index contributed by atoms with van der Waals surface area (Å²) in [6, 6.07) is 21.9. The number of anilines is 4. The zero-order chi connectivity index (χ0) is 37.3. The maximum absolute atomic E-state index is 13.8. The fourth-order valence-electron chi connectivity index (χ4n) is 7.37. The zero-order valence-corrected chi connectivity index (χ0v) is 30.9. The molecular weight excluding hydrogens is 687 g/mol. The van der Waals surface area contributed by atoms with Crippen LogP contribution in [0.5, 0.6) is 0 Å². The van der Waals surface area contributed by atoms with Crippen LogP contribution < -0.4 is 10.6 Å². The minimum absolute atomic E-state index is 0.0720. The van der Waals surface area contributed by atoms with Crippen molar-refractivity contribution in [2.24, 2.45) is 17.3 Å². The van der Waals surface area contributed by atoms with Crippen LogP contribution in [0.25, 0.3) is 22.5 Å². The summed E-state index contributed by atoms with van der Waals surface area (Å²) in [7, 11) is 0. The van der Waals surface area contributed by atoms with Gasteiger partial charge in [-0.3, -0.25) is 19.6 Å². The lowest BCUT2D eigenvalue weighted by atomic mass is 9.76. The number of benzene rings is 2. The number of ketones is 2. The molecule has 270 valence electrons. The van der Waals surface area contributed by atoms with Gasteiger partial charge in [0.1, 0.15) is 5.82 Å². The second kappa shape index (κ2) is 14.8. The molecule has 4 N–H and O–H groups in total.